The van der Waals surface area contributed by atoms with Crippen LogP contribution in [-0.4, -0.2) is 12.0 Å². The van der Waals surface area contributed by atoms with Gasteiger partial charge in [0, 0.05) is 6.04 Å². The Morgan fingerprint density at radius 2 is 1.62 bits per heavy atom. The lowest BCUT2D eigenvalue weighted by molar-refractivity contribution is 0.106. The quantitative estimate of drug-likeness (QED) is 0.582. The van der Waals surface area contributed by atoms with Crippen LogP contribution in [0.5, 0.6) is 0 Å². The number of nitrogens with zero attached hydrogens (tertiary/aromatic N) is 1. The van der Waals surface area contributed by atoms with Gasteiger partial charge in [0.15, 0.2) is 5.96 Å². The molecule has 1 fully saturated rings. The van der Waals surface area contributed by atoms with E-state index in [1.165, 1.54) is 37.7 Å². The third kappa shape index (κ3) is 5.88. The second-order valence-electron chi connectivity index (χ2n) is 6.93. The van der Waals surface area contributed by atoms with E-state index >= 15 is 0 Å². The zero-order valence-corrected chi connectivity index (χ0v) is 15.4. The van der Waals surface area contributed by atoms with Crippen molar-refractivity contribution < 1.29 is 4.74 Å². The Bertz CT molecular complexity index is 694. The van der Waals surface area contributed by atoms with Crippen LogP contribution < -0.4 is 11.1 Å². The number of hydrogen-bond donors (Lipinski definition) is 2. The van der Waals surface area contributed by atoms with Gasteiger partial charge in [0.05, 0.1) is 19.8 Å². The fraction of sp³-hybridized carbons (Fsp3) is 0.409. The SMILES string of the molecule is NC(=NCc1ccccc1COCc1ccccc1)NC1CCCCC1. The van der Waals surface area contributed by atoms with E-state index in [-0.39, 0.29) is 0 Å². The van der Waals surface area contributed by atoms with E-state index in [0.29, 0.717) is 31.8 Å². The van der Waals surface area contributed by atoms with E-state index in [1.54, 1.807) is 0 Å². The van der Waals surface area contributed by atoms with Crippen LogP contribution in [0.15, 0.2) is 59.6 Å². The van der Waals surface area contributed by atoms with E-state index in [9.17, 15) is 0 Å². The van der Waals surface area contributed by atoms with Crippen molar-refractivity contribution >= 4 is 5.96 Å². The van der Waals surface area contributed by atoms with Crippen molar-refractivity contribution in [1.29, 1.82) is 0 Å². The summed E-state index contributed by atoms with van der Waals surface area (Å²) >= 11 is 0. The molecule has 138 valence electrons. The van der Waals surface area contributed by atoms with E-state index in [4.69, 9.17) is 10.5 Å². The molecule has 4 nitrogen and oxygen atoms in total. The Kier molecular flexibility index (Phi) is 7.08. The Hall–Kier alpha value is -2.33. The van der Waals surface area contributed by atoms with Gasteiger partial charge in [0.25, 0.3) is 0 Å². The first kappa shape index (κ1) is 18.5. The molecule has 2 aromatic carbocycles. The first-order valence-corrected chi connectivity index (χ1v) is 9.56. The Labute approximate surface area is 156 Å². The molecule has 4 heteroatoms. The van der Waals surface area contributed by atoms with Crippen molar-refractivity contribution in [3.05, 3.63) is 71.3 Å². The normalized spacial score (nSPS) is 15.8. The number of aliphatic imine (C=N–C) groups is 1. The highest BCUT2D eigenvalue weighted by atomic mass is 16.5. The monoisotopic (exact) mass is 351 g/mol. The average Bonchev–Trinajstić information content (AvgIpc) is 2.69. The Balaban J connectivity index is 1.52. The van der Waals surface area contributed by atoms with Crippen LogP contribution >= 0.6 is 0 Å². The van der Waals surface area contributed by atoms with Gasteiger partial charge >= 0.3 is 0 Å². The zero-order valence-electron chi connectivity index (χ0n) is 15.4. The van der Waals surface area contributed by atoms with E-state index in [2.05, 4.69) is 34.6 Å². The van der Waals surface area contributed by atoms with Gasteiger partial charge in [-0.2, -0.15) is 0 Å². The number of hydrogen-bond acceptors (Lipinski definition) is 2. The molecule has 0 aliphatic heterocycles. The predicted octanol–water partition coefficient (Wildman–Crippen LogP) is 4.14. The second-order valence-corrected chi connectivity index (χ2v) is 6.93. The summed E-state index contributed by atoms with van der Waals surface area (Å²) in [4.78, 5) is 4.54. The molecule has 0 saturated heterocycles. The number of nitrogens with one attached hydrogen (secondary N) is 1. The lowest BCUT2D eigenvalue weighted by atomic mass is 9.96. The Morgan fingerprint density at radius 3 is 2.38 bits per heavy atom. The molecule has 0 bridgehead atoms. The lowest BCUT2D eigenvalue weighted by Gasteiger charge is -2.23. The summed E-state index contributed by atoms with van der Waals surface area (Å²) in [5.74, 6) is 0.553. The van der Waals surface area contributed by atoms with Crippen LogP contribution in [0.25, 0.3) is 0 Å². The molecule has 2 aromatic rings. The summed E-state index contributed by atoms with van der Waals surface area (Å²) in [6.45, 7) is 1.77. The van der Waals surface area contributed by atoms with Gasteiger partial charge in [0.2, 0.25) is 0 Å². The smallest absolute Gasteiger partial charge is 0.189 e. The fourth-order valence-electron chi connectivity index (χ4n) is 3.38. The van der Waals surface area contributed by atoms with Crippen LogP contribution in [0.2, 0.25) is 0 Å². The molecule has 0 amide bonds. The van der Waals surface area contributed by atoms with Gasteiger partial charge in [0.1, 0.15) is 0 Å². The highest BCUT2D eigenvalue weighted by Crippen LogP contribution is 2.17. The summed E-state index contributed by atoms with van der Waals surface area (Å²) in [7, 11) is 0. The lowest BCUT2D eigenvalue weighted by Crippen LogP contribution is -2.41. The topological polar surface area (TPSA) is 59.6 Å². The number of benzene rings is 2. The minimum absolute atomic E-state index is 0.483. The van der Waals surface area contributed by atoms with Crippen LogP contribution in [0, 0.1) is 0 Å². The summed E-state index contributed by atoms with van der Waals surface area (Å²) in [5.41, 5.74) is 9.60. The van der Waals surface area contributed by atoms with Crippen LogP contribution in [0.4, 0.5) is 0 Å². The highest BCUT2D eigenvalue weighted by Gasteiger charge is 2.13. The van der Waals surface area contributed by atoms with Crippen molar-refractivity contribution in [1.82, 2.24) is 5.32 Å². The molecular weight excluding hydrogens is 322 g/mol. The van der Waals surface area contributed by atoms with Gasteiger partial charge in [-0.05, 0) is 29.5 Å². The van der Waals surface area contributed by atoms with Gasteiger partial charge in [-0.3, -0.25) is 0 Å². The minimum Gasteiger partial charge on any atom is -0.372 e. The summed E-state index contributed by atoms with van der Waals surface area (Å²) in [6.07, 6.45) is 6.30. The Morgan fingerprint density at radius 1 is 0.923 bits per heavy atom. The molecular formula is C22H29N3O. The van der Waals surface area contributed by atoms with Crippen LogP contribution in [0.1, 0.15) is 48.8 Å². The zero-order chi connectivity index (χ0) is 18.0. The second kappa shape index (κ2) is 9.97. The van der Waals surface area contributed by atoms with Gasteiger partial charge < -0.3 is 15.8 Å². The van der Waals surface area contributed by atoms with Gasteiger partial charge in [-0.1, -0.05) is 73.9 Å². The molecule has 0 atom stereocenters. The van der Waals surface area contributed by atoms with Crippen molar-refractivity contribution in [2.24, 2.45) is 10.7 Å². The molecule has 0 spiro atoms. The number of ether oxygens (including phenoxy) is 1. The van der Waals surface area contributed by atoms with Crippen molar-refractivity contribution in [2.45, 2.75) is 57.9 Å². The molecule has 26 heavy (non-hydrogen) atoms. The fourth-order valence-corrected chi connectivity index (χ4v) is 3.38. The predicted molar refractivity (Wildman–Crippen MR) is 107 cm³/mol. The van der Waals surface area contributed by atoms with E-state index in [1.807, 2.05) is 30.3 Å². The molecule has 3 N–H and O–H groups in total. The molecule has 0 unspecified atom stereocenters. The molecule has 0 radical (unpaired) electrons. The summed E-state index contributed by atoms with van der Waals surface area (Å²) in [5, 5.41) is 3.37. The summed E-state index contributed by atoms with van der Waals surface area (Å²) < 4.78 is 5.88. The number of rotatable bonds is 7. The standard InChI is InChI=1S/C22H29N3O/c23-22(25-21-13-5-2-6-14-21)24-15-19-11-7-8-12-20(19)17-26-16-18-9-3-1-4-10-18/h1,3-4,7-12,21H,2,5-6,13-17H2,(H3,23,24,25). The van der Waals surface area contributed by atoms with Crippen molar-refractivity contribution in [2.75, 3.05) is 0 Å². The molecule has 0 aromatic heterocycles. The number of guanidine groups is 1. The van der Waals surface area contributed by atoms with E-state index < -0.39 is 0 Å². The molecule has 0 heterocycles. The average molecular weight is 351 g/mol. The first-order chi connectivity index (χ1) is 12.8. The molecule has 1 aliphatic rings. The van der Waals surface area contributed by atoms with Crippen LogP contribution in [0.3, 0.4) is 0 Å². The maximum Gasteiger partial charge on any atom is 0.189 e. The third-order valence-electron chi connectivity index (χ3n) is 4.86. The van der Waals surface area contributed by atoms with Gasteiger partial charge in [-0.25, -0.2) is 4.99 Å². The maximum atomic E-state index is 6.09. The maximum absolute atomic E-state index is 6.09. The number of nitrogens with two attached hydrogens (primary N) is 1. The third-order valence-corrected chi connectivity index (χ3v) is 4.86. The largest absolute Gasteiger partial charge is 0.372 e. The van der Waals surface area contributed by atoms with Crippen molar-refractivity contribution in [3.8, 4) is 0 Å². The van der Waals surface area contributed by atoms with Crippen LogP contribution in [-0.2, 0) is 24.5 Å². The molecule has 1 saturated carbocycles. The minimum atomic E-state index is 0.483. The molecule has 1 aliphatic carbocycles. The van der Waals surface area contributed by atoms with Crippen molar-refractivity contribution in [3.63, 3.8) is 0 Å². The van der Waals surface area contributed by atoms with E-state index in [0.717, 1.165) is 11.1 Å². The summed E-state index contributed by atoms with van der Waals surface area (Å²) in [6, 6.07) is 19.0. The molecule has 3 rings (SSSR count). The highest BCUT2D eigenvalue weighted by molar-refractivity contribution is 5.78. The first-order valence-electron chi connectivity index (χ1n) is 9.56. The van der Waals surface area contributed by atoms with Gasteiger partial charge in [-0.15, -0.1) is 0 Å².